The number of rotatable bonds is 6. The molecule has 0 aliphatic heterocycles. The second kappa shape index (κ2) is 9.07. The fourth-order valence-corrected chi connectivity index (χ4v) is 3.79. The molecule has 2 heterocycles. The van der Waals surface area contributed by atoms with Crippen molar-refractivity contribution in [2.45, 2.75) is 39.9 Å². The zero-order chi connectivity index (χ0) is 20.3. The van der Waals surface area contributed by atoms with Gasteiger partial charge in [-0.3, -0.25) is 9.36 Å². The smallest absolute Gasteiger partial charge is 0.172 e. The molecule has 28 heavy (non-hydrogen) atoms. The molecule has 148 valence electrons. The van der Waals surface area contributed by atoms with Crippen LogP contribution in [-0.4, -0.2) is 24.7 Å². The Hall–Kier alpha value is -1.90. The van der Waals surface area contributed by atoms with E-state index in [9.17, 15) is 0 Å². The van der Waals surface area contributed by atoms with Crippen LogP contribution in [0.3, 0.4) is 0 Å². The van der Waals surface area contributed by atoms with Crippen molar-refractivity contribution in [2.75, 3.05) is 5.32 Å². The van der Waals surface area contributed by atoms with E-state index in [2.05, 4.69) is 50.6 Å². The van der Waals surface area contributed by atoms with E-state index in [0.29, 0.717) is 17.5 Å². The summed E-state index contributed by atoms with van der Waals surface area (Å²) in [6.07, 6.45) is 3.94. The zero-order valence-corrected chi connectivity index (χ0v) is 19.1. The highest BCUT2D eigenvalue weighted by atomic mass is 79.9. The molecule has 0 saturated heterocycles. The van der Waals surface area contributed by atoms with Crippen LogP contribution < -0.4 is 10.6 Å². The maximum Gasteiger partial charge on any atom is 0.172 e. The number of halogens is 2. The Morgan fingerprint density at radius 1 is 1.25 bits per heavy atom. The van der Waals surface area contributed by atoms with E-state index < -0.39 is 0 Å². The second-order valence-electron chi connectivity index (χ2n) is 6.46. The minimum Gasteiger partial charge on any atom is -0.356 e. The van der Waals surface area contributed by atoms with Crippen LogP contribution in [0.1, 0.15) is 36.7 Å². The molecule has 6 nitrogen and oxygen atoms in total. The fraction of sp³-hybridized carbons (Fsp3) is 0.316. The summed E-state index contributed by atoms with van der Waals surface area (Å²) in [6.45, 7) is 7.54. The molecule has 1 atom stereocenters. The highest BCUT2D eigenvalue weighted by Gasteiger charge is 2.15. The molecule has 0 spiro atoms. The van der Waals surface area contributed by atoms with E-state index in [0.717, 1.165) is 32.9 Å². The number of anilines is 1. The van der Waals surface area contributed by atoms with Gasteiger partial charge in [-0.05, 0) is 60.5 Å². The first-order valence-corrected chi connectivity index (χ1v) is 10.5. The molecule has 2 N–H and O–H groups in total. The molecular weight excluding hydrogens is 460 g/mol. The van der Waals surface area contributed by atoms with Crippen LogP contribution in [0.2, 0.25) is 5.02 Å². The summed E-state index contributed by atoms with van der Waals surface area (Å²) >= 11 is 15.2. The lowest BCUT2D eigenvalue weighted by atomic mass is 10.1. The van der Waals surface area contributed by atoms with Gasteiger partial charge in [0.15, 0.2) is 10.9 Å². The van der Waals surface area contributed by atoms with Crippen LogP contribution in [0, 0.1) is 6.92 Å². The van der Waals surface area contributed by atoms with E-state index in [1.165, 1.54) is 0 Å². The van der Waals surface area contributed by atoms with Crippen molar-refractivity contribution >= 4 is 50.7 Å². The SMILES string of the molecule is CCn1cc(C(C)NC(=S)Nc2nn(Cc3ccccc3Cl)cc2Br)c(C)n1. The monoisotopic (exact) mass is 480 g/mol. The lowest BCUT2D eigenvalue weighted by molar-refractivity contribution is 0.651. The first-order chi connectivity index (χ1) is 13.4. The Morgan fingerprint density at radius 3 is 2.68 bits per heavy atom. The zero-order valence-electron chi connectivity index (χ0n) is 15.9. The Bertz CT molecular complexity index is 983. The van der Waals surface area contributed by atoms with Gasteiger partial charge in [-0.25, -0.2) is 0 Å². The third-order valence-electron chi connectivity index (χ3n) is 4.36. The van der Waals surface area contributed by atoms with Crippen molar-refractivity contribution in [3.63, 3.8) is 0 Å². The van der Waals surface area contributed by atoms with Crippen LogP contribution in [0.25, 0.3) is 0 Å². The summed E-state index contributed by atoms with van der Waals surface area (Å²) in [4.78, 5) is 0. The number of benzene rings is 1. The number of hydrogen-bond donors (Lipinski definition) is 2. The quantitative estimate of drug-likeness (QED) is 0.489. The largest absolute Gasteiger partial charge is 0.356 e. The Kier molecular flexibility index (Phi) is 6.74. The molecule has 0 amide bonds. The average molecular weight is 482 g/mol. The van der Waals surface area contributed by atoms with Crippen LogP contribution in [0.15, 0.2) is 41.1 Å². The van der Waals surface area contributed by atoms with E-state index in [1.54, 1.807) is 0 Å². The molecule has 0 aliphatic carbocycles. The van der Waals surface area contributed by atoms with Crippen molar-refractivity contribution in [3.05, 3.63) is 63.0 Å². The molecule has 0 bridgehead atoms. The fourth-order valence-electron chi connectivity index (χ4n) is 2.90. The van der Waals surface area contributed by atoms with Gasteiger partial charge in [0.25, 0.3) is 0 Å². The van der Waals surface area contributed by atoms with Gasteiger partial charge in [0.1, 0.15) is 0 Å². The van der Waals surface area contributed by atoms with Crippen molar-refractivity contribution in [2.24, 2.45) is 0 Å². The molecule has 9 heteroatoms. The Labute approximate surface area is 183 Å². The molecular formula is C19H22BrClN6S. The van der Waals surface area contributed by atoms with Crippen molar-refractivity contribution < 1.29 is 0 Å². The summed E-state index contributed by atoms with van der Waals surface area (Å²) < 4.78 is 4.56. The highest BCUT2D eigenvalue weighted by Crippen LogP contribution is 2.23. The van der Waals surface area contributed by atoms with Gasteiger partial charge >= 0.3 is 0 Å². The van der Waals surface area contributed by atoms with Crippen LogP contribution in [0.5, 0.6) is 0 Å². The van der Waals surface area contributed by atoms with Gasteiger partial charge in [-0.1, -0.05) is 29.8 Å². The molecule has 0 saturated carbocycles. The van der Waals surface area contributed by atoms with Gasteiger partial charge in [-0.15, -0.1) is 0 Å². The van der Waals surface area contributed by atoms with Crippen molar-refractivity contribution in [1.82, 2.24) is 24.9 Å². The van der Waals surface area contributed by atoms with E-state index in [-0.39, 0.29) is 6.04 Å². The summed E-state index contributed by atoms with van der Waals surface area (Å²) in [5.74, 6) is 0.651. The molecule has 3 aromatic rings. The number of nitrogens with one attached hydrogen (secondary N) is 2. The highest BCUT2D eigenvalue weighted by molar-refractivity contribution is 9.10. The first-order valence-electron chi connectivity index (χ1n) is 8.95. The summed E-state index contributed by atoms with van der Waals surface area (Å²) in [5.41, 5.74) is 3.12. The minimum atomic E-state index is 0.0317. The topological polar surface area (TPSA) is 59.7 Å². The number of aryl methyl sites for hydroxylation is 2. The van der Waals surface area contributed by atoms with E-state index in [1.807, 2.05) is 52.9 Å². The molecule has 3 rings (SSSR count). The first kappa shape index (κ1) is 20.8. The maximum absolute atomic E-state index is 6.24. The van der Waals surface area contributed by atoms with Gasteiger partial charge in [0.05, 0.1) is 22.8 Å². The molecule has 0 fully saturated rings. The van der Waals surface area contributed by atoms with Crippen LogP contribution >= 0.6 is 39.7 Å². The number of aromatic nitrogens is 4. The number of thiocarbonyl (C=S) groups is 1. The van der Waals surface area contributed by atoms with Gasteiger partial charge in [0.2, 0.25) is 0 Å². The molecule has 0 radical (unpaired) electrons. The lowest BCUT2D eigenvalue weighted by Crippen LogP contribution is -2.31. The van der Waals surface area contributed by atoms with E-state index in [4.69, 9.17) is 23.8 Å². The van der Waals surface area contributed by atoms with Crippen molar-refractivity contribution in [1.29, 1.82) is 0 Å². The third kappa shape index (κ3) is 4.92. The van der Waals surface area contributed by atoms with Crippen LogP contribution in [0.4, 0.5) is 5.82 Å². The third-order valence-corrected chi connectivity index (χ3v) is 5.53. The lowest BCUT2D eigenvalue weighted by Gasteiger charge is -2.15. The molecule has 0 aliphatic rings. The summed E-state index contributed by atoms with van der Waals surface area (Å²) in [6, 6.07) is 7.76. The van der Waals surface area contributed by atoms with Gasteiger partial charge < -0.3 is 10.6 Å². The molecule has 1 aromatic carbocycles. The molecule has 2 aromatic heterocycles. The normalized spacial score (nSPS) is 12.0. The second-order valence-corrected chi connectivity index (χ2v) is 8.13. The van der Waals surface area contributed by atoms with Crippen molar-refractivity contribution in [3.8, 4) is 0 Å². The van der Waals surface area contributed by atoms with Gasteiger partial charge in [0, 0.05) is 29.5 Å². The van der Waals surface area contributed by atoms with Crippen LogP contribution in [-0.2, 0) is 13.1 Å². The minimum absolute atomic E-state index is 0.0317. The molecule has 1 unspecified atom stereocenters. The van der Waals surface area contributed by atoms with Gasteiger partial charge in [-0.2, -0.15) is 10.2 Å². The number of hydrogen-bond acceptors (Lipinski definition) is 3. The Morgan fingerprint density at radius 2 is 2.00 bits per heavy atom. The number of nitrogens with zero attached hydrogens (tertiary/aromatic N) is 4. The van der Waals surface area contributed by atoms with E-state index >= 15 is 0 Å². The predicted octanol–water partition coefficient (Wildman–Crippen LogP) is 4.92. The summed E-state index contributed by atoms with van der Waals surface area (Å²) in [5, 5.41) is 16.7. The maximum atomic E-state index is 6.24. The summed E-state index contributed by atoms with van der Waals surface area (Å²) in [7, 11) is 0. The Balaban J connectivity index is 1.65. The average Bonchev–Trinajstić information content (AvgIpc) is 3.19. The standard InChI is InChI=1S/C19H22BrClN6S/c1-4-26-10-15(13(3)24-26)12(2)22-19(28)23-18-16(20)11-27(25-18)9-14-7-5-6-8-17(14)21/h5-8,10-12H,4,9H2,1-3H3,(H2,22,23,25,28). The predicted molar refractivity (Wildman–Crippen MR) is 121 cm³/mol.